The molecule has 4 aromatic rings. The third kappa shape index (κ3) is 16.2. The van der Waals surface area contributed by atoms with Gasteiger partial charge in [-0.25, -0.2) is 0 Å². The summed E-state index contributed by atoms with van der Waals surface area (Å²) in [6, 6.07) is 27.0. The standard InChI is InChI=1S/C37H58O4Si.C32H52O2Si/c1-13-37(14-2,30-18-20-32(27(4)24-30)39-25-31-19-22-34(38)40-31)29-17-15-28(26(3)23-29)16-21-33(35(5,6)7)41-42(11,12)36(8,9)10;1-13-32(14-2,27-18-19-28(33)24(4)22-27)26-17-15-25(23(3)21-26)16-20-29(30(5,6)7)34-35(11,12)31(8,9)10/h15,17-18,20,23-24,31,33H,13-14,16,19,21-22,25H2,1-12H3;15,17-19,21-22,29,33H,13-14,16,20H2,1-12H3/t31-,33?;/m0./s1. The monoisotopic (exact) mass is 1090 g/mol. The van der Waals surface area contributed by atoms with Crippen molar-refractivity contribution in [2.24, 2.45) is 10.8 Å². The molecule has 77 heavy (non-hydrogen) atoms. The Bertz CT molecular complexity index is 2550. The minimum atomic E-state index is -1.86. The lowest BCUT2D eigenvalue weighted by atomic mass is 9.69. The van der Waals surface area contributed by atoms with Crippen LogP contribution in [0.5, 0.6) is 11.5 Å². The molecule has 1 N–H and O–H groups in total. The predicted octanol–water partition coefficient (Wildman–Crippen LogP) is 19.3. The molecule has 4 aromatic carbocycles. The molecule has 1 aliphatic heterocycles. The summed E-state index contributed by atoms with van der Waals surface area (Å²) in [7, 11) is -3.70. The first-order valence-electron chi connectivity index (χ1n) is 29.7. The van der Waals surface area contributed by atoms with Crippen molar-refractivity contribution in [2.75, 3.05) is 6.61 Å². The fourth-order valence-corrected chi connectivity index (χ4v) is 14.0. The van der Waals surface area contributed by atoms with E-state index in [9.17, 15) is 9.90 Å². The van der Waals surface area contributed by atoms with Crippen LogP contribution in [0, 0.1) is 38.5 Å². The van der Waals surface area contributed by atoms with Crippen molar-refractivity contribution in [3.05, 3.63) is 128 Å². The van der Waals surface area contributed by atoms with Crippen LogP contribution in [0.4, 0.5) is 0 Å². The van der Waals surface area contributed by atoms with E-state index in [1.54, 1.807) is 0 Å². The molecular weight excluding hydrogens is 981 g/mol. The topological polar surface area (TPSA) is 74.2 Å². The molecule has 1 heterocycles. The molecule has 2 unspecified atom stereocenters. The zero-order valence-corrected chi connectivity index (χ0v) is 55.4. The normalized spacial score (nSPS) is 15.9. The van der Waals surface area contributed by atoms with E-state index in [0.717, 1.165) is 74.7 Å². The lowest BCUT2D eigenvalue weighted by Crippen LogP contribution is -2.47. The highest BCUT2D eigenvalue weighted by Crippen LogP contribution is 2.45. The summed E-state index contributed by atoms with van der Waals surface area (Å²) in [6.45, 7) is 55.5. The molecule has 430 valence electrons. The Morgan fingerprint density at radius 2 is 0.909 bits per heavy atom. The number of ether oxygens (including phenoxy) is 2. The van der Waals surface area contributed by atoms with Crippen LogP contribution in [0.1, 0.15) is 218 Å². The summed E-state index contributed by atoms with van der Waals surface area (Å²) < 4.78 is 25.3. The fourth-order valence-electron chi connectivity index (χ4n) is 10.9. The van der Waals surface area contributed by atoms with E-state index in [2.05, 4.69) is 224 Å². The molecule has 5 rings (SSSR count). The summed E-state index contributed by atoms with van der Waals surface area (Å²) in [4.78, 5) is 11.4. The van der Waals surface area contributed by atoms with Gasteiger partial charge in [0.05, 0.1) is 12.2 Å². The van der Waals surface area contributed by atoms with Crippen LogP contribution in [0.2, 0.25) is 36.3 Å². The van der Waals surface area contributed by atoms with E-state index >= 15 is 0 Å². The Morgan fingerprint density at radius 3 is 1.22 bits per heavy atom. The maximum absolute atomic E-state index is 11.4. The molecule has 0 aromatic heterocycles. The van der Waals surface area contributed by atoms with E-state index in [4.69, 9.17) is 18.3 Å². The Hall–Kier alpha value is -3.70. The predicted molar refractivity (Wildman–Crippen MR) is 333 cm³/mol. The van der Waals surface area contributed by atoms with Crippen molar-refractivity contribution in [1.82, 2.24) is 0 Å². The van der Waals surface area contributed by atoms with Gasteiger partial charge in [-0.05, 0) is 200 Å². The maximum atomic E-state index is 11.4. The zero-order chi connectivity index (χ0) is 58.3. The van der Waals surface area contributed by atoms with E-state index in [1.807, 2.05) is 13.0 Å². The van der Waals surface area contributed by atoms with Crippen LogP contribution in [-0.2, 0) is 42.1 Å². The molecule has 1 saturated heterocycles. The third-order valence-corrected chi connectivity index (χ3v) is 27.8. The highest BCUT2D eigenvalue weighted by atomic mass is 28.4. The largest absolute Gasteiger partial charge is 0.508 e. The maximum Gasteiger partial charge on any atom is 0.306 e. The Morgan fingerprint density at radius 1 is 0.545 bits per heavy atom. The van der Waals surface area contributed by atoms with Gasteiger partial charge in [0.15, 0.2) is 16.6 Å². The molecule has 0 saturated carbocycles. The highest BCUT2D eigenvalue weighted by Gasteiger charge is 2.43. The number of aromatic hydroxyl groups is 1. The second kappa shape index (κ2) is 25.8. The number of rotatable bonds is 21. The van der Waals surface area contributed by atoms with Gasteiger partial charge in [0.1, 0.15) is 24.2 Å². The van der Waals surface area contributed by atoms with Crippen molar-refractivity contribution < 1.29 is 28.2 Å². The summed E-state index contributed by atoms with van der Waals surface area (Å²) in [5, 5.41) is 10.5. The van der Waals surface area contributed by atoms with E-state index < -0.39 is 16.6 Å². The SMILES string of the molecule is CCC(CC)(c1ccc(CCC(O[Si](C)(C)C(C)(C)C)C(C)(C)C)c(C)c1)c1ccc(OC[C@@H]2CCC(=O)O2)c(C)c1.CCC(CC)(c1ccc(O)c(C)c1)c1ccc(CCC(O[Si](C)(C)C(C)(C)C)C(C)(C)C)c(C)c1. The lowest BCUT2D eigenvalue weighted by Gasteiger charge is -2.43. The Labute approximate surface area is 473 Å². The van der Waals surface area contributed by atoms with Gasteiger partial charge in [-0.2, -0.15) is 0 Å². The minimum absolute atomic E-state index is 0.0405. The van der Waals surface area contributed by atoms with Gasteiger partial charge in [-0.3, -0.25) is 4.79 Å². The molecule has 1 aliphatic rings. The van der Waals surface area contributed by atoms with Gasteiger partial charge >= 0.3 is 5.97 Å². The number of esters is 1. The van der Waals surface area contributed by atoms with Gasteiger partial charge in [0, 0.05) is 17.3 Å². The van der Waals surface area contributed by atoms with Crippen LogP contribution in [-0.4, -0.2) is 52.6 Å². The number of hydrogen-bond donors (Lipinski definition) is 1. The number of carbonyl (C=O) groups is 1. The molecular formula is C69H110O6Si2. The average molecular weight is 1090 g/mol. The van der Waals surface area contributed by atoms with Crippen molar-refractivity contribution in [1.29, 1.82) is 0 Å². The smallest absolute Gasteiger partial charge is 0.306 e. The van der Waals surface area contributed by atoms with Crippen molar-refractivity contribution in [3.63, 3.8) is 0 Å². The number of benzene rings is 4. The van der Waals surface area contributed by atoms with E-state index in [-0.39, 0.29) is 56.0 Å². The lowest BCUT2D eigenvalue weighted by molar-refractivity contribution is -0.142. The molecule has 0 radical (unpaired) electrons. The Balaban J connectivity index is 0.000000338. The number of phenols is 1. The fraction of sp³-hybridized carbons (Fsp3) is 0.638. The summed E-state index contributed by atoms with van der Waals surface area (Å²) in [5.74, 6) is 1.11. The van der Waals surface area contributed by atoms with E-state index in [1.165, 1.54) is 44.5 Å². The number of aryl methyl sites for hydroxylation is 6. The number of hydrogen-bond acceptors (Lipinski definition) is 6. The first-order chi connectivity index (χ1) is 35.4. The van der Waals surface area contributed by atoms with Crippen LogP contribution >= 0.6 is 0 Å². The molecule has 8 heteroatoms. The highest BCUT2D eigenvalue weighted by molar-refractivity contribution is 6.74. The quantitative estimate of drug-likeness (QED) is 0.0662. The number of phenolic OH excluding ortho intramolecular Hbond substituents is 1. The van der Waals surface area contributed by atoms with Crippen molar-refractivity contribution in [3.8, 4) is 11.5 Å². The van der Waals surface area contributed by atoms with Gasteiger partial charge in [0.2, 0.25) is 0 Å². The minimum Gasteiger partial charge on any atom is -0.508 e. The number of cyclic esters (lactones) is 1. The molecule has 1 fully saturated rings. The summed E-state index contributed by atoms with van der Waals surface area (Å²) >= 11 is 0. The molecule has 0 aliphatic carbocycles. The summed E-state index contributed by atoms with van der Waals surface area (Å²) in [5.41, 5.74) is 13.1. The zero-order valence-electron chi connectivity index (χ0n) is 53.4. The summed E-state index contributed by atoms with van der Waals surface area (Å²) in [6.07, 6.45) is 9.78. The van der Waals surface area contributed by atoms with Crippen LogP contribution in [0.15, 0.2) is 72.8 Å². The van der Waals surface area contributed by atoms with Crippen molar-refractivity contribution >= 4 is 22.6 Å². The van der Waals surface area contributed by atoms with Crippen LogP contribution in [0.3, 0.4) is 0 Å². The number of carbonyl (C=O) groups excluding carboxylic acids is 1. The molecule has 6 nitrogen and oxygen atoms in total. The van der Waals surface area contributed by atoms with Gasteiger partial charge < -0.3 is 23.4 Å². The first-order valence-corrected chi connectivity index (χ1v) is 35.5. The average Bonchev–Trinajstić information content (AvgIpc) is 3.75. The first kappa shape index (κ1) is 65.8. The van der Waals surface area contributed by atoms with Gasteiger partial charge in [-0.15, -0.1) is 0 Å². The van der Waals surface area contributed by atoms with Gasteiger partial charge in [0.25, 0.3) is 0 Å². The Kier molecular flexibility index (Phi) is 22.1. The van der Waals surface area contributed by atoms with E-state index in [0.29, 0.717) is 18.8 Å². The van der Waals surface area contributed by atoms with Crippen LogP contribution in [0.25, 0.3) is 0 Å². The van der Waals surface area contributed by atoms with Crippen molar-refractivity contribution in [2.45, 2.75) is 268 Å². The third-order valence-electron chi connectivity index (χ3n) is 18.8. The second-order valence-corrected chi connectivity index (χ2v) is 37.9. The second-order valence-electron chi connectivity index (χ2n) is 28.3. The molecule has 0 bridgehead atoms. The van der Waals surface area contributed by atoms with Crippen LogP contribution < -0.4 is 4.74 Å². The molecule has 0 spiro atoms. The molecule has 0 amide bonds. The van der Waals surface area contributed by atoms with Gasteiger partial charge in [-0.1, -0.05) is 171 Å². The molecule has 3 atom stereocenters.